The molecular weight excluding hydrogens is 338 g/mol. The fourth-order valence-electron chi connectivity index (χ4n) is 3.11. The summed E-state index contributed by atoms with van der Waals surface area (Å²) in [6.07, 6.45) is 2.77. The Balaban J connectivity index is 1.83. The number of methoxy groups -OCH3 is 2. The minimum Gasteiger partial charge on any atom is -0.496 e. The summed E-state index contributed by atoms with van der Waals surface area (Å²) in [5, 5.41) is 11.3. The van der Waals surface area contributed by atoms with Gasteiger partial charge in [-0.3, -0.25) is 10.1 Å². The molecular formula is C19H19NO6. The molecule has 0 fully saturated rings. The lowest BCUT2D eigenvalue weighted by molar-refractivity contribution is -0.386. The summed E-state index contributed by atoms with van der Waals surface area (Å²) in [4.78, 5) is 22.6. The molecule has 0 unspecified atom stereocenters. The van der Waals surface area contributed by atoms with E-state index in [-0.39, 0.29) is 18.0 Å². The van der Waals surface area contributed by atoms with Crippen molar-refractivity contribution in [2.24, 2.45) is 0 Å². The van der Waals surface area contributed by atoms with Crippen molar-refractivity contribution in [3.8, 4) is 11.5 Å². The monoisotopic (exact) mass is 357 g/mol. The van der Waals surface area contributed by atoms with Gasteiger partial charge in [-0.05, 0) is 54.2 Å². The normalized spacial score (nSPS) is 12.4. The summed E-state index contributed by atoms with van der Waals surface area (Å²) in [5.74, 6) is 0.122. The zero-order valence-corrected chi connectivity index (χ0v) is 14.6. The van der Waals surface area contributed by atoms with E-state index >= 15 is 0 Å². The van der Waals surface area contributed by atoms with Gasteiger partial charge in [-0.15, -0.1) is 0 Å². The molecule has 26 heavy (non-hydrogen) atoms. The Labute approximate surface area is 150 Å². The average molecular weight is 357 g/mol. The van der Waals surface area contributed by atoms with Gasteiger partial charge in [0.25, 0.3) is 0 Å². The van der Waals surface area contributed by atoms with Crippen LogP contribution in [0, 0.1) is 10.1 Å². The summed E-state index contributed by atoms with van der Waals surface area (Å²) < 4.78 is 15.6. The molecule has 1 aliphatic rings. The molecule has 7 nitrogen and oxygen atoms in total. The number of carbonyl (C=O) groups excluding carboxylic acids is 1. The van der Waals surface area contributed by atoms with Crippen LogP contribution in [0.2, 0.25) is 0 Å². The van der Waals surface area contributed by atoms with Crippen LogP contribution in [0.1, 0.15) is 33.5 Å². The molecule has 0 saturated heterocycles. The van der Waals surface area contributed by atoms with E-state index in [4.69, 9.17) is 14.2 Å². The van der Waals surface area contributed by atoms with Crippen LogP contribution in [-0.2, 0) is 24.2 Å². The average Bonchev–Trinajstić information content (AvgIpc) is 3.11. The topological polar surface area (TPSA) is 87.9 Å². The highest BCUT2D eigenvalue weighted by molar-refractivity contribution is 5.92. The summed E-state index contributed by atoms with van der Waals surface area (Å²) in [6.45, 7) is 0.122. The van der Waals surface area contributed by atoms with E-state index in [1.54, 1.807) is 30.3 Å². The molecule has 0 heterocycles. The van der Waals surface area contributed by atoms with Gasteiger partial charge in [0.1, 0.15) is 17.9 Å². The minimum absolute atomic E-state index is 0.0243. The number of hydrogen-bond acceptors (Lipinski definition) is 6. The van der Waals surface area contributed by atoms with E-state index in [1.807, 2.05) is 0 Å². The number of nitrogens with zero attached hydrogens (tertiary/aromatic N) is 1. The first kappa shape index (κ1) is 17.7. The highest BCUT2D eigenvalue weighted by Crippen LogP contribution is 2.35. The SMILES string of the molecule is COC(=O)c1ccc(COc2cc3c(cc2[N+](=O)[O-])CCC3)cc1OC. The van der Waals surface area contributed by atoms with Crippen molar-refractivity contribution in [3.05, 3.63) is 62.7 Å². The van der Waals surface area contributed by atoms with Crippen molar-refractivity contribution in [3.63, 3.8) is 0 Å². The number of fused-ring (bicyclic) bond motifs is 1. The molecule has 0 spiro atoms. The molecule has 136 valence electrons. The summed E-state index contributed by atoms with van der Waals surface area (Å²) in [5.41, 5.74) is 3.13. The third-order valence-electron chi connectivity index (χ3n) is 4.44. The predicted octanol–water partition coefficient (Wildman–Crippen LogP) is 3.46. The van der Waals surface area contributed by atoms with E-state index < -0.39 is 10.9 Å². The molecule has 2 aromatic rings. The number of nitro benzene ring substituents is 1. The Kier molecular flexibility index (Phi) is 5.06. The van der Waals surface area contributed by atoms with E-state index in [0.29, 0.717) is 11.3 Å². The second kappa shape index (κ2) is 7.43. The highest BCUT2D eigenvalue weighted by atomic mass is 16.6. The van der Waals surface area contributed by atoms with Gasteiger partial charge in [0, 0.05) is 6.07 Å². The maximum Gasteiger partial charge on any atom is 0.341 e. The van der Waals surface area contributed by atoms with Crippen molar-refractivity contribution in [2.75, 3.05) is 14.2 Å². The van der Waals surface area contributed by atoms with E-state index in [2.05, 4.69) is 0 Å². The molecule has 2 aromatic carbocycles. The van der Waals surface area contributed by atoms with Gasteiger partial charge in [0.2, 0.25) is 0 Å². The zero-order chi connectivity index (χ0) is 18.7. The third kappa shape index (κ3) is 3.46. The van der Waals surface area contributed by atoms with Crippen LogP contribution in [0.3, 0.4) is 0 Å². The fourth-order valence-corrected chi connectivity index (χ4v) is 3.11. The predicted molar refractivity (Wildman–Crippen MR) is 93.8 cm³/mol. The van der Waals surface area contributed by atoms with Crippen molar-refractivity contribution in [1.29, 1.82) is 0 Å². The first-order valence-corrected chi connectivity index (χ1v) is 8.21. The fraction of sp³-hybridized carbons (Fsp3) is 0.316. The van der Waals surface area contributed by atoms with Gasteiger partial charge in [-0.25, -0.2) is 4.79 Å². The maximum absolute atomic E-state index is 11.7. The van der Waals surface area contributed by atoms with Crippen LogP contribution in [0.5, 0.6) is 11.5 Å². The van der Waals surface area contributed by atoms with Crippen LogP contribution < -0.4 is 9.47 Å². The van der Waals surface area contributed by atoms with Crippen molar-refractivity contribution in [1.82, 2.24) is 0 Å². The zero-order valence-electron chi connectivity index (χ0n) is 14.6. The van der Waals surface area contributed by atoms with Crippen molar-refractivity contribution in [2.45, 2.75) is 25.9 Å². The lowest BCUT2D eigenvalue weighted by atomic mass is 10.1. The van der Waals surface area contributed by atoms with E-state index in [0.717, 1.165) is 36.0 Å². The second-order valence-electron chi connectivity index (χ2n) is 6.01. The lowest BCUT2D eigenvalue weighted by Gasteiger charge is -2.11. The third-order valence-corrected chi connectivity index (χ3v) is 4.44. The van der Waals surface area contributed by atoms with Crippen LogP contribution in [0.25, 0.3) is 0 Å². The van der Waals surface area contributed by atoms with Crippen molar-refractivity contribution >= 4 is 11.7 Å². The van der Waals surface area contributed by atoms with Crippen LogP contribution in [0.4, 0.5) is 5.69 Å². The van der Waals surface area contributed by atoms with Crippen LogP contribution >= 0.6 is 0 Å². The van der Waals surface area contributed by atoms with E-state index in [9.17, 15) is 14.9 Å². The summed E-state index contributed by atoms with van der Waals surface area (Å²) >= 11 is 0. The molecule has 0 atom stereocenters. The van der Waals surface area contributed by atoms with Gasteiger partial charge in [-0.1, -0.05) is 6.07 Å². The Morgan fingerprint density at radius 3 is 2.50 bits per heavy atom. The smallest absolute Gasteiger partial charge is 0.341 e. The molecule has 7 heteroatoms. The molecule has 0 radical (unpaired) electrons. The first-order valence-electron chi connectivity index (χ1n) is 8.21. The molecule has 0 aromatic heterocycles. The highest BCUT2D eigenvalue weighted by Gasteiger charge is 2.22. The Morgan fingerprint density at radius 2 is 1.85 bits per heavy atom. The number of nitro groups is 1. The Hall–Kier alpha value is -3.09. The van der Waals surface area contributed by atoms with Gasteiger partial charge in [0.15, 0.2) is 5.75 Å². The number of esters is 1. The van der Waals surface area contributed by atoms with Gasteiger partial charge >= 0.3 is 11.7 Å². The number of ether oxygens (including phenoxy) is 3. The summed E-state index contributed by atoms with van der Waals surface area (Å²) in [7, 11) is 2.75. The van der Waals surface area contributed by atoms with E-state index in [1.165, 1.54) is 14.2 Å². The molecule has 0 amide bonds. The minimum atomic E-state index is -0.497. The number of carbonyl (C=O) groups is 1. The molecule has 0 bridgehead atoms. The van der Waals surface area contributed by atoms with Gasteiger partial charge < -0.3 is 14.2 Å². The number of rotatable bonds is 6. The van der Waals surface area contributed by atoms with Gasteiger partial charge in [0.05, 0.1) is 19.1 Å². The molecule has 0 N–H and O–H groups in total. The number of aryl methyl sites for hydroxylation is 2. The van der Waals surface area contributed by atoms with Crippen LogP contribution in [-0.4, -0.2) is 25.1 Å². The van der Waals surface area contributed by atoms with Gasteiger partial charge in [-0.2, -0.15) is 0 Å². The van der Waals surface area contributed by atoms with Crippen LogP contribution in [0.15, 0.2) is 30.3 Å². The van der Waals surface area contributed by atoms with Crippen molar-refractivity contribution < 1.29 is 23.9 Å². The summed E-state index contributed by atoms with van der Waals surface area (Å²) in [6, 6.07) is 8.32. The number of benzene rings is 2. The quantitative estimate of drug-likeness (QED) is 0.447. The maximum atomic E-state index is 11.7. The largest absolute Gasteiger partial charge is 0.496 e. The molecule has 0 saturated carbocycles. The molecule has 0 aliphatic heterocycles. The molecule has 1 aliphatic carbocycles. The first-order chi connectivity index (χ1) is 12.5. The lowest BCUT2D eigenvalue weighted by Crippen LogP contribution is -2.06. The Morgan fingerprint density at radius 1 is 1.12 bits per heavy atom. The molecule has 3 rings (SSSR count). The number of hydrogen-bond donors (Lipinski definition) is 0. The Bertz CT molecular complexity index is 861. The standard InChI is InChI=1S/C19H19NO6/c1-24-17-8-12(6-7-15(17)19(21)25-2)11-26-18-10-14-5-3-4-13(14)9-16(18)20(22)23/h6-10H,3-5,11H2,1-2H3. The second-order valence-corrected chi connectivity index (χ2v) is 6.01.